The van der Waals surface area contributed by atoms with E-state index in [0.717, 1.165) is 35.7 Å². The number of pyridine rings is 1. The van der Waals surface area contributed by atoms with Crippen LogP contribution in [-0.4, -0.2) is 56.3 Å². The lowest BCUT2D eigenvalue weighted by Gasteiger charge is -2.39. The number of rotatable bonds is 4. The van der Waals surface area contributed by atoms with Gasteiger partial charge < -0.3 is 19.6 Å². The molecule has 0 bridgehead atoms. The Bertz CT molecular complexity index is 904. The van der Waals surface area contributed by atoms with Gasteiger partial charge in [-0.3, -0.25) is 4.98 Å². The normalized spacial score (nSPS) is 21.4. The number of carboxylic acid groups (broad SMARTS) is 1. The van der Waals surface area contributed by atoms with Crippen molar-refractivity contribution >= 4 is 17.6 Å². The summed E-state index contributed by atoms with van der Waals surface area (Å²) in [5.74, 6) is 1.64. The fourth-order valence-corrected chi connectivity index (χ4v) is 4.34. The maximum atomic E-state index is 11.5. The van der Waals surface area contributed by atoms with Gasteiger partial charge in [0.15, 0.2) is 0 Å². The van der Waals surface area contributed by atoms with Gasteiger partial charge in [-0.2, -0.15) is 0 Å². The summed E-state index contributed by atoms with van der Waals surface area (Å²) < 4.78 is 6.27. The van der Waals surface area contributed by atoms with E-state index in [9.17, 15) is 9.90 Å². The first-order valence-electron chi connectivity index (χ1n) is 10.1. The van der Waals surface area contributed by atoms with Gasteiger partial charge in [0.05, 0.1) is 16.9 Å². The first kappa shape index (κ1) is 19.4. The maximum absolute atomic E-state index is 11.5. The number of carbonyl (C=O) groups is 1. The van der Waals surface area contributed by atoms with E-state index in [4.69, 9.17) is 4.74 Å². The Morgan fingerprint density at radius 2 is 2.10 bits per heavy atom. The Morgan fingerprint density at radius 3 is 2.86 bits per heavy atom. The first-order valence-corrected chi connectivity index (χ1v) is 10.1. The second-order valence-electron chi connectivity index (χ2n) is 8.05. The molecule has 4 rings (SSSR count). The molecule has 2 aliphatic rings. The average Bonchev–Trinajstić information content (AvgIpc) is 3.13. The lowest BCUT2D eigenvalue weighted by Crippen LogP contribution is -2.50. The molecule has 1 fully saturated rings. The number of nitrogens with zero attached hydrogens (tertiary/aromatic N) is 5. The fourth-order valence-electron chi connectivity index (χ4n) is 4.34. The van der Waals surface area contributed by atoms with Crippen LogP contribution in [-0.2, 0) is 6.42 Å². The molecule has 2 aromatic rings. The van der Waals surface area contributed by atoms with Gasteiger partial charge in [-0.25, -0.2) is 14.8 Å². The number of hydrogen-bond acceptors (Lipinski definition) is 6. The zero-order chi connectivity index (χ0) is 20.5. The van der Waals surface area contributed by atoms with Crippen molar-refractivity contribution in [3.8, 4) is 5.88 Å². The van der Waals surface area contributed by atoms with Crippen molar-refractivity contribution in [1.82, 2.24) is 19.9 Å². The van der Waals surface area contributed by atoms with E-state index < -0.39 is 6.09 Å². The Kier molecular flexibility index (Phi) is 5.25. The number of amides is 1. The second-order valence-corrected chi connectivity index (χ2v) is 8.05. The van der Waals surface area contributed by atoms with E-state index in [0.29, 0.717) is 25.3 Å². The van der Waals surface area contributed by atoms with Gasteiger partial charge in [-0.1, -0.05) is 13.8 Å². The van der Waals surface area contributed by atoms with Crippen molar-refractivity contribution in [2.75, 3.05) is 18.0 Å². The Morgan fingerprint density at radius 1 is 1.28 bits per heavy atom. The maximum Gasteiger partial charge on any atom is 0.407 e. The highest BCUT2D eigenvalue weighted by molar-refractivity contribution is 5.68. The number of fused-ring (bicyclic) bond motifs is 1. The predicted octanol–water partition coefficient (Wildman–Crippen LogP) is 3.42. The van der Waals surface area contributed by atoms with Gasteiger partial charge in [0.25, 0.3) is 0 Å². The number of piperidine rings is 1. The van der Waals surface area contributed by atoms with E-state index in [1.807, 2.05) is 19.2 Å². The van der Waals surface area contributed by atoms with Crippen molar-refractivity contribution in [2.45, 2.75) is 52.2 Å². The minimum atomic E-state index is -0.857. The summed E-state index contributed by atoms with van der Waals surface area (Å²) in [5.41, 5.74) is 3.05. The summed E-state index contributed by atoms with van der Waals surface area (Å²) in [6, 6.07) is 3.95. The molecule has 2 aliphatic heterocycles. The molecule has 2 atom stereocenters. The highest BCUT2D eigenvalue weighted by Crippen LogP contribution is 2.36. The highest BCUT2D eigenvalue weighted by Gasteiger charge is 2.35. The molecule has 1 amide bonds. The molecule has 0 aromatic carbocycles. The number of ether oxygens (including phenoxy) is 1. The van der Waals surface area contributed by atoms with Crippen LogP contribution in [0.4, 0.5) is 16.3 Å². The molecule has 0 aliphatic carbocycles. The molecule has 154 valence electrons. The van der Waals surface area contributed by atoms with E-state index in [-0.39, 0.29) is 18.1 Å². The Balaban J connectivity index is 1.54. The summed E-state index contributed by atoms with van der Waals surface area (Å²) in [4.78, 5) is 28.6. The van der Waals surface area contributed by atoms with Gasteiger partial charge in [0.1, 0.15) is 18.2 Å². The van der Waals surface area contributed by atoms with Gasteiger partial charge in [-0.05, 0) is 25.0 Å². The highest BCUT2D eigenvalue weighted by atomic mass is 16.5. The van der Waals surface area contributed by atoms with Crippen LogP contribution in [0.15, 0.2) is 24.7 Å². The lowest BCUT2D eigenvalue weighted by atomic mass is 9.91. The number of hydrogen-bond donors (Lipinski definition) is 1. The van der Waals surface area contributed by atoms with Crippen molar-refractivity contribution in [3.63, 3.8) is 0 Å². The molecule has 0 saturated carbocycles. The monoisotopic (exact) mass is 397 g/mol. The zero-order valence-corrected chi connectivity index (χ0v) is 17.1. The molecule has 8 nitrogen and oxygen atoms in total. The smallest absolute Gasteiger partial charge is 0.407 e. The predicted molar refractivity (Wildman–Crippen MR) is 109 cm³/mol. The average molecular weight is 397 g/mol. The minimum Gasteiger partial charge on any atom is -0.474 e. The lowest BCUT2D eigenvalue weighted by molar-refractivity contribution is 0.0361. The topological polar surface area (TPSA) is 91.7 Å². The van der Waals surface area contributed by atoms with Crippen molar-refractivity contribution in [3.05, 3.63) is 35.9 Å². The number of aromatic nitrogens is 3. The van der Waals surface area contributed by atoms with Crippen molar-refractivity contribution in [1.29, 1.82) is 0 Å². The van der Waals surface area contributed by atoms with Gasteiger partial charge in [-0.15, -0.1) is 0 Å². The van der Waals surface area contributed by atoms with Gasteiger partial charge >= 0.3 is 6.09 Å². The number of anilines is 2. The summed E-state index contributed by atoms with van der Waals surface area (Å²) in [6.45, 7) is 7.39. The van der Waals surface area contributed by atoms with Crippen LogP contribution in [0, 0.1) is 12.8 Å². The molecule has 0 spiro atoms. The van der Waals surface area contributed by atoms with Crippen LogP contribution in [0.1, 0.15) is 37.9 Å². The molecule has 1 N–H and O–H groups in total. The minimum absolute atomic E-state index is 0.0515. The molecule has 0 radical (unpaired) electrons. The largest absolute Gasteiger partial charge is 0.474 e. The third kappa shape index (κ3) is 3.71. The van der Waals surface area contributed by atoms with Crippen molar-refractivity contribution in [2.24, 2.45) is 5.92 Å². The second kappa shape index (κ2) is 7.85. The third-order valence-electron chi connectivity index (χ3n) is 5.89. The SMILES string of the molecule is Cc1c(OC2CCN(C(=O)O)C(C(C)C)C2)ncnc1N1CCc2ncccc21. The van der Waals surface area contributed by atoms with E-state index in [1.165, 1.54) is 4.90 Å². The van der Waals surface area contributed by atoms with Gasteiger partial charge in [0.2, 0.25) is 5.88 Å². The summed E-state index contributed by atoms with van der Waals surface area (Å²) in [5, 5.41) is 9.47. The van der Waals surface area contributed by atoms with Gasteiger partial charge in [0, 0.05) is 44.6 Å². The third-order valence-corrected chi connectivity index (χ3v) is 5.89. The van der Waals surface area contributed by atoms with Crippen LogP contribution in [0.5, 0.6) is 5.88 Å². The summed E-state index contributed by atoms with van der Waals surface area (Å²) in [6.07, 6.45) is 4.65. The molecular formula is C21H27N5O3. The fraction of sp³-hybridized carbons (Fsp3) is 0.524. The standard InChI is InChI=1S/C21H27N5O3/c1-13(2)18-11-15(6-9-26(18)21(27)28)29-20-14(3)19(23-12-24-20)25-10-7-16-17(25)5-4-8-22-16/h4-5,8,12-13,15,18H,6-7,9-11H2,1-3H3,(H,27,28). The summed E-state index contributed by atoms with van der Waals surface area (Å²) >= 11 is 0. The van der Waals surface area contributed by atoms with Crippen LogP contribution >= 0.6 is 0 Å². The molecule has 29 heavy (non-hydrogen) atoms. The quantitative estimate of drug-likeness (QED) is 0.845. The van der Waals surface area contributed by atoms with Crippen LogP contribution < -0.4 is 9.64 Å². The van der Waals surface area contributed by atoms with E-state index >= 15 is 0 Å². The molecule has 8 heteroatoms. The molecule has 1 saturated heterocycles. The van der Waals surface area contributed by atoms with Crippen molar-refractivity contribution < 1.29 is 14.6 Å². The van der Waals surface area contributed by atoms with E-state index in [2.05, 4.69) is 39.8 Å². The van der Waals surface area contributed by atoms with Crippen LogP contribution in [0.3, 0.4) is 0 Å². The number of likely N-dealkylation sites (tertiary alicyclic amines) is 1. The zero-order valence-electron chi connectivity index (χ0n) is 17.1. The first-order chi connectivity index (χ1) is 14.0. The Labute approximate surface area is 170 Å². The van der Waals surface area contributed by atoms with E-state index in [1.54, 1.807) is 6.33 Å². The molecule has 2 unspecified atom stereocenters. The van der Waals surface area contributed by atoms with Crippen LogP contribution in [0.2, 0.25) is 0 Å². The molecule has 4 heterocycles. The van der Waals surface area contributed by atoms with Crippen LogP contribution in [0.25, 0.3) is 0 Å². The summed E-state index contributed by atoms with van der Waals surface area (Å²) in [7, 11) is 0. The molecular weight excluding hydrogens is 370 g/mol. The molecule has 2 aromatic heterocycles. The Hall–Kier alpha value is -2.90.